The van der Waals surface area contributed by atoms with E-state index >= 15 is 0 Å². The van der Waals surface area contributed by atoms with Gasteiger partial charge >= 0.3 is 0 Å². The topological polar surface area (TPSA) is 69.0 Å². The summed E-state index contributed by atoms with van der Waals surface area (Å²) in [6, 6.07) is 0. The maximum Gasteiger partial charge on any atom is 0.0596 e. The highest BCUT2D eigenvalue weighted by Gasteiger charge is 2.02. The minimum atomic E-state index is -0.455. The number of unbranched alkanes of at least 4 members (excludes halogenated alkanes) is 1. The first-order valence-electron chi connectivity index (χ1n) is 4.85. The maximum atomic E-state index is 9.28. The zero-order valence-corrected chi connectivity index (χ0v) is 8.48. The molecule has 0 fully saturated rings. The summed E-state index contributed by atoms with van der Waals surface area (Å²) in [4.78, 5) is 2.60. The van der Waals surface area contributed by atoms with Crippen LogP contribution in [0.2, 0.25) is 0 Å². The molecule has 0 rings (SSSR count). The summed E-state index contributed by atoms with van der Waals surface area (Å²) in [6.45, 7) is 4.59. The van der Waals surface area contributed by atoms with Gasteiger partial charge < -0.3 is 5.11 Å². The molecular formula is C9H19N3O. The van der Waals surface area contributed by atoms with Crippen LogP contribution in [0.15, 0.2) is 5.11 Å². The van der Waals surface area contributed by atoms with Gasteiger partial charge in [0.2, 0.25) is 0 Å². The Hall–Kier alpha value is -0.730. The lowest BCUT2D eigenvalue weighted by molar-refractivity contribution is 0.168. The molecule has 4 nitrogen and oxygen atoms in total. The van der Waals surface area contributed by atoms with Gasteiger partial charge in [0.15, 0.2) is 0 Å². The molecule has 0 aromatic heterocycles. The third-order valence-electron chi connectivity index (χ3n) is 1.92. The second kappa shape index (κ2) is 7.90. The Kier molecular flexibility index (Phi) is 7.45. The first-order valence-corrected chi connectivity index (χ1v) is 4.85. The van der Waals surface area contributed by atoms with E-state index in [4.69, 9.17) is 5.53 Å². The highest BCUT2D eigenvalue weighted by Crippen LogP contribution is 2.09. The van der Waals surface area contributed by atoms with E-state index in [0.29, 0.717) is 0 Å². The minimum absolute atomic E-state index is 0.207. The first-order chi connectivity index (χ1) is 6.16. The van der Waals surface area contributed by atoms with E-state index in [1.807, 2.05) is 0 Å². The zero-order chi connectivity index (χ0) is 10.1. The van der Waals surface area contributed by atoms with Crippen molar-refractivity contribution in [1.29, 1.82) is 0 Å². The van der Waals surface area contributed by atoms with Crippen molar-refractivity contribution >= 4 is 0 Å². The van der Waals surface area contributed by atoms with Crippen molar-refractivity contribution in [3.8, 4) is 0 Å². The van der Waals surface area contributed by atoms with Gasteiger partial charge in [0.25, 0.3) is 0 Å². The molecular weight excluding hydrogens is 166 g/mol. The molecule has 13 heavy (non-hydrogen) atoms. The lowest BCUT2D eigenvalue weighted by atomic mass is 10.0. The predicted octanol–water partition coefficient (Wildman–Crippen LogP) is 2.87. The SMILES string of the molecule is CC(C)CCCCC(O)CN=[N+]=[N-]. The molecule has 0 bridgehead atoms. The van der Waals surface area contributed by atoms with Gasteiger partial charge in [-0.3, -0.25) is 0 Å². The minimum Gasteiger partial charge on any atom is -0.393 e. The van der Waals surface area contributed by atoms with E-state index in [-0.39, 0.29) is 6.54 Å². The van der Waals surface area contributed by atoms with E-state index in [0.717, 1.165) is 25.2 Å². The molecule has 0 radical (unpaired) electrons. The van der Waals surface area contributed by atoms with E-state index in [9.17, 15) is 5.11 Å². The summed E-state index contributed by atoms with van der Waals surface area (Å²) in [5, 5.41) is 12.6. The van der Waals surface area contributed by atoms with Gasteiger partial charge in [-0.05, 0) is 17.9 Å². The number of aliphatic hydroxyl groups excluding tert-OH is 1. The highest BCUT2D eigenvalue weighted by molar-refractivity contribution is 4.60. The van der Waals surface area contributed by atoms with Crippen molar-refractivity contribution in [2.45, 2.75) is 45.6 Å². The molecule has 0 aliphatic carbocycles. The monoisotopic (exact) mass is 185 g/mol. The molecule has 1 atom stereocenters. The van der Waals surface area contributed by atoms with E-state index in [2.05, 4.69) is 23.9 Å². The Balaban J connectivity index is 3.26. The molecule has 4 heteroatoms. The van der Waals surface area contributed by atoms with E-state index in [1.165, 1.54) is 6.42 Å². The van der Waals surface area contributed by atoms with Crippen LogP contribution < -0.4 is 0 Å². The molecule has 0 saturated carbocycles. The summed E-state index contributed by atoms with van der Waals surface area (Å²) in [7, 11) is 0. The Morgan fingerprint density at radius 3 is 2.46 bits per heavy atom. The van der Waals surface area contributed by atoms with E-state index < -0.39 is 6.10 Å². The summed E-state index contributed by atoms with van der Waals surface area (Å²) in [5.74, 6) is 0.731. The molecule has 1 N–H and O–H groups in total. The lowest BCUT2D eigenvalue weighted by Gasteiger charge is -2.07. The van der Waals surface area contributed by atoms with Crippen LogP contribution in [-0.2, 0) is 0 Å². The maximum absolute atomic E-state index is 9.28. The average molecular weight is 185 g/mol. The largest absolute Gasteiger partial charge is 0.393 e. The molecule has 0 spiro atoms. The Bertz CT molecular complexity index is 164. The van der Waals surface area contributed by atoms with Crippen molar-refractivity contribution < 1.29 is 5.11 Å². The van der Waals surface area contributed by atoms with Crippen LogP contribution in [0.5, 0.6) is 0 Å². The third kappa shape index (κ3) is 9.18. The number of rotatable bonds is 7. The Morgan fingerprint density at radius 2 is 1.92 bits per heavy atom. The number of hydrogen-bond donors (Lipinski definition) is 1. The summed E-state index contributed by atoms with van der Waals surface area (Å²) >= 11 is 0. The number of azide groups is 1. The predicted molar refractivity (Wildman–Crippen MR) is 53.3 cm³/mol. The van der Waals surface area contributed by atoms with Gasteiger partial charge in [-0.1, -0.05) is 38.2 Å². The third-order valence-corrected chi connectivity index (χ3v) is 1.92. The van der Waals surface area contributed by atoms with Gasteiger partial charge in [-0.2, -0.15) is 0 Å². The number of aliphatic hydroxyl groups is 1. The molecule has 0 saturated heterocycles. The summed E-state index contributed by atoms with van der Waals surface area (Å²) in [6.07, 6.45) is 3.65. The lowest BCUT2D eigenvalue weighted by Crippen LogP contribution is -2.09. The van der Waals surface area contributed by atoms with Crippen LogP contribution in [0.3, 0.4) is 0 Å². The van der Waals surface area contributed by atoms with Crippen molar-refractivity contribution in [2.75, 3.05) is 6.54 Å². The molecule has 0 amide bonds. The van der Waals surface area contributed by atoms with Crippen LogP contribution in [0.1, 0.15) is 39.5 Å². The average Bonchev–Trinajstić information content (AvgIpc) is 2.08. The van der Waals surface area contributed by atoms with Crippen molar-refractivity contribution in [3.05, 3.63) is 10.4 Å². The Morgan fingerprint density at radius 1 is 1.31 bits per heavy atom. The first kappa shape index (κ1) is 12.3. The molecule has 0 aliphatic rings. The van der Waals surface area contributed by atoms with Crippen molar-refractivity contribution in [3.63, 3.8) is 0 Å². The quantitative estimate of drug-likeness (QED) is 0.282. The smallest absolute Gasteiger partial charge is 0.0596 e. The fourth-order valence-corrected chi connectivity index (χ4v) is 1.15. The Labute approximate surface area is 79.6 Å². The second-order valence-electron chi connectivity index (χ2n) is 3.75. The van der Waals surface area contributed by atoms with Gasteiger partial charge in [0.1, 0.15) is 0 Å². The van der Waals surface area contributed by atoms with Gasteiger partial charge in [-0.25, -0.2) is 0 Å². The van der Waals surface area contributed by atoms with E-state index in [1.54, 1.807) is 0 Å². The zero-order valence-electron chi connectivity index (χ0n) is 8.48. The molecule has 0 heterocycles. The normalized spacial score (nSPS) is 12.6. The highest BCUT2D eigenvalue weighted by atomic mass is 16.3. The summed E-state index contributed by atoms with van der Waals surface area (Å²) in [5.41, 5.74) is 8.01. The molecule has 76 valence electrons. The molecule has 0 aliphatic heterocycles. The van der Waals surface area contributed by atoms with Crippen molar-refractivity contribution in [2.24, 2.45) is 11.0 Å². The summed E-state index contributed by atoms with van der Waals surface area (Å²) < 4.78 is 0. The van der Waals surface area contributed by atoms with Crippen LogP contribution in [0.25, 0.3) is 10.4 Å². The number of nitrogens with zero attached hydrogens (tertiary/aromatic N) is 3. The van der Waals surface area contributed by atoms with Crippen LogP contribution in [0.4, 0.5) is 0 Å². The molecule has 1 unspecified atom stereocenters. The number of hydrogen-bond acceptors (Lipinski definition) is 2. The van der Waals surface area contributed by atoms with Gasteiger partial charge in [0, 0.05) is 4.91 Å². The fourth-order valence-electron chi connectivity index (χ4n) is 1.15. The van der Waals surface area contributed by atoms with Crippen LogP contribution >= 0.6 is 0 Å². The molecule has 0 aromatic carbocycles. The van der Waals surface area contributed by atoms with Crippen LogP contribution in [0, 0.1) is 5.92 Å². The van der Waals surface area contributed by atoms with Gasteiger partial charge in [-0.15, -0.1) is 0 Å². The van der Waals surface area contributed by atoms with Crippen LogP contribution in [-0.4, -0.2) is 17.8 Å². The standard InChI is InChI=1S/C9H19N3O/c1-8(2)5-3-4-6-9(13)7-11-12-10/h8-9,13H,3-7H2,1-2H3. The van der Waals surface area contributed by atoms with Gasteiger partial charge in [0.05, 0.1) is 12.6 Å². The van der Waals surface area contributed by atoms with Crippen molar-refractivity contribution in [1.82, 2.24) is 0 Å². The molecule has 0 aromatic rings. The second-order valence-corrected chi connectivity index (χ2v) is 3.75. The fraction of sp³-hybridized carbons (Fsp3) is 1.00.